The van der Waals surface area contributed by atoms with Gasteiger partial charge in [0.1, 0.15) is 11.9 Å². The Morgan fingerprint density at radius 1 is 1.70 bits per heavy atom. The summed E-state index contributed by atoms with van der Waals surface area (Å²) in [6, 6.07) is 0. The van der Waals surface area contributed by atoms with Gasteiger partial charge in [-0.1, -0.05) is 4.47 Å². The first-order valence-electron chi connectivity index (χ1n) is 1.79. The summed E-state index contributed by atoms with van der Waals surface area (Å²) >= 11 is 0.219. The van der Waals surface area contributed by atoms with Gasteiger partial charge in [-0.3, -0.25) is 0 Å². The molecule has 0 aromatic heterocycles. The molecule has 0 saturated heterocycles. The Kier molecular flexibility index (Phi) is 3.53. The van der Waals surface area contributed by atoms with Gasteiger partial charge in [-0.25, -0.2) is 0 Å². The minimum Gasteiger partial charge on any atom is -0.183 e. The molecule has 0 unspecified atom stereocenters. The highest BCUT2D eigenvalue weighted by atomic mass is 32.2. The first kappa shape index (κ1) is 8.33. The van der Waals surface area contributed by atoms with Gasteiger partial charge in [-0.2, -0.15) is 15.5 Å². The van der Waals surface area contributed by atoms with E-state index in [0.717, 1.165) is 0 Å². The first-order chi connectivity index (χ1) is 4.70. The summed E-state index contributed by atoms with van der Waals surface area (Å²) in [5, 5.41) is 25.6. The molecule has 0 heterocycles. The van der Waals surface area contributed by atoms with Crippen molar-refractivity contribution in [1.82, 2.24) is 4.47 Å². The fraction of sp³-hybridized carbons (Fsp3) is 0. The summed E-state index contributed by atoms with van der Waals surface area (Å²) in [6.07, 6.45) is 1.24. The van der Waals surface area contributed by atoms with Crippen molar-refractivity contribution >= 4 is 11.9 Å². The van der Waals surface area contributed by atoms with E-state index in [1.165, 1.54) is 11.6 Å². The molecular formula is C2N4O3S. The van der Waals surface area contributed by atoms with Gasteiger partial charge >= 0.3 is 5.09 Å². The predicted molar refractivity (Wildman–Crippen MR) is 28.7 cm³/mol. The number of thiocyanates is 1. The van der Waals surface area contributed by atoms with Crippen molar-refractivity contribution in [3.63, 3.8) is 0 Å². The quantitative estimate of drug-likeness (QED) is 0.188. The van der Waals surface area contributed by atoms with E-state index in [4.69, 9.17) is 10.5 Å². The molecule has 0 fully saturated rings. The molecule has 7 nitrogen and oxygen atoms in total. The van der Waals surface area contributed by atoms with Crippen LogP contribution < -0.4 is 0 Å². The normalized spacial score (nSPS) is 7.00. The van der Waals surface area contributed by atoms with E-state index in [2.05, 4.69) is 4.94 Å². The maximum Gasteiger partial charge on any atom is 0.318 e. The second-order valence-corrected chi connectivity index (χ2v) is 1.54. The van der Waals surface area contributed by atoms with Crippen LogP contribution in [0, 0.1) is 32.2 Å². The summed E-state index contributed by atoms with van der Waals surface area (Å²) in [7, 11) is 0. The van der Waals surface area contributed by atoms with Crippen LogP contribution in [0.1, 0.15) is 0 Å². The minimum absolute atomic E-state index is 0.167. The molecule has 8 heteroatoms. The molecule has 0 aliphatic carbocycles. The Morgan fingerprint density at radius 2 is 2.30 bits per heavy atom. The predicted octanol–water partition coefficient (Wildman–Crippen LogP) is 0.0221. The van der Waals surface area contributed by atoms with Crippen LogP contribution in [0.5, 0.6) is 0 Å². The highest BCUT2D eigenvalue weighted by Gasteiger charge is 2.06. The Balaban J connectivity index is 3.77. The fourth-order valence-corrected chi connectivity index (χ4v) is 0.356. The molecule has 0 bridgehead atoms. The smallest absolute Gasteiger partial charge is 0.183 e. The number of rotatable bonds is 3. The van der Waals surface area contributed by atoms with E-state index >= 15 is 0 Å². The molecule has 0 aromatic rings. The molecule has 0 saturated carbocycles. The molecular weight excluding hydrogens is 160 g/mol. The highest BCUT2D eigenvalue weighted by Crippen LogP contribution is 2.05. The maximum atomic E-state index is 9.51. The average Bonchev–Trinajstić information content (AvgIpc) is 1.86. The standard InChI is InChI=1S/C2N4O3S/c3-1-5(10-2-4)9-6(7)8. The van der Waals surface area contributed by atoms with Crippen LogP contribution in [0.4, 0.5) is 0 Å². The van der Waals surface area contributed by atoms with Crippen molar-refractivity contribution in [3.05, 3.63) is 10.1 Å². The van der Waals surface area contributed by atoms with E-state index in [1.807, 2.05) is 0 Å². The zero-order valence-corrected chi connectivity index (χ0v) is 5.24. The number of hydroxylamine groups is 1. The Labute approximate surface area is 59.6 Å². The molecule has 0 rings (SSSR count). The molecule has 10 heavy (non-hydrogen) atoms. The van der Waals surface area contributed by atoms with Crippen LogP contribution in [0.15, 0.2) is 0 Å². The van der Waals surface area contributed by atoms with Gasteiger partial charge in [-0.15, -0.1) is 10.1 Å². The van der Waals surface area contributed by atoms with Gasteiger partial charge in [0.05, 0.1) is 0 Å². The van der Waals surface area contributed by atoms with Crippen LogP contribution in [-0.4, -0.2) is 9.56 Å². The van der Waals surface area contributed by atoms with E-state index in [9.17, 15) is 10.1 Å². The lowest BCUT2D eigenvalue weighted by molar-refractivity contribution is -0.793. The third-order valence-corrected chi connectivity index (χ3v) is 0.742. The zero-order chi connectivity index (χ0) is 7.98. The lowest BCUT2D eigenvalue weighted by Gasteiger charge is -2.01. The number of nitrogens with zero attached hydrogens (tertiary/aromatic N) is 4. The average molecular weight is 160 g/mol. The van der Waals surface area contributed by atoms with Crippen LogP contribution in [0.3, 0.4) is 0 Å². The van der Waals surface area contributed by atoms with Crippen LogP contribution in [0.2, 0.25) is 0 Å². The molecule has 0 atom stereocenters. The van der Waals surface area contributed by atoms with Gasteiger partial charge in [0.2, 0.25) is 6.19 Å². The SMILES string of the molecule is N#CSN(C#N)O[N+](=O)[O-]. The Morgan fingerprint density at radius 3 is 2.60 bits per heavy atom. The van der Waals surface area contributed by atoms with Crippen LogP contribution in [-0.2, 0) is 4.94 Å². The summed E-state index contributed by atoms with van der Waals surface area (Å²) in [4.78, 5) is 13.1. The van der Waals surface area contributed by atoms with Crippen molar-refractivity contribution in [3.8, 4) is 11.6 Å². The molecule has 0 spiro atoms. The first-order valence-corrected chi connectivity index (χ1v) is 2.56. The van der Waals surface area contributed by atoms with Gasteiger partial charge in [-0.05, 0) is 0 Å². The fourth-order valence-electron chi connectivity index (χ4n) is 0.153. The summed E-state index contributed by atoms with van der Waals surface area (Å²) < 4.78 is 0.167. The van der Waals surface area contributed by atoms with Crippen molar-refractivity contribution in [2.45, 2.75) is 0 Å². The molecule has 0 aromatic carbocycles. The summed E-state index contributed by atoms with van der Waals surface area (Å²) in [5.74, 6) is 0. The van der Waals surface area contributed by atoms with Gasteiger partial charge < -0.3 is 0 Å². The largest absolute Gasteiger partial charge is 0.318 e. The number of hydrogen-bond acceptors (Lipinski definition) is 7. The van der Waals surface area contributed by atoms with E-state index < -0.39 is 5.09 Å². The van der Waals surface area contributed by atoms with Crippen LogP contribution >= 0.6 is 11.9 Å². The molecule has 0 aliphatic heterocycles. The number of nitriles is 2. The van der Waals surface area contributed by atoms with Crippen LogP contribution in [0.25, 0.3) is 0 Å². The van der Waals surface area contributed by atoms with Gasteiger partial charge in [0.25, 0.3) is 0 Å². The second-order valence-electron chi connectivity index (χ2n) is 0.845. The van der Waals surface area contributed by atoms with Crippen molar-refractivity contribution in [2.24, 2.45) is 0 Å². The molecule has 0 amide bonds. The lowest BCUT2D eigenvalue weighted by atomic mass is 11.4. The van der Waals surface area contributed by atoms with Crippen molar-refractivity contribution < 1.29 is 10.0 Å². The maximum absolute atomic E-state index is 9.51. The third kappa shape index (κ3) is 3.35. The second kappa shape index (κ2) is 4.23. The van der Waals surface area contributed by atoms with E-state index in [-0.39, 0.29) is 16.4 Å². The molecule has 0 aliphatic rings. The molecule has 0 N–H and O–H groups in total. The summed E-state index contributed by atoms with van der Waals surface area (Å²) in [5.41, 5.74) is 0. The third-order valence-electron chi connectivity index (χ3n) is 0.346. The van der Waals surface area contributed by atoms with Crippen molar-refractivity contribution in [1.29, 1.82) is 10.5 Å². The number of hydrogen-bond donors (Lipinski definition) is 0. The van der Waals surface area contributed by atoms with Crippen molar-refractivity contribution in [2.75, 3.05) is 0 Å². The molecule has 0 radical (unpaired) electrons. The minimum atomic E-state index is -1.19. The van der Waals surface area contributed by atoms with Gasteiger partial charge in [0, 0.05) is 0 Å². The zero-order valence-electron chi connectivity index (χ0n) is 4.42. The van der Waals surface area contributed by atoms with E-state index in [1.54, 1.807) is 0 Å². The van der Waals surface area contributed by atoms with Gasteiger partial charge in [0.15, 0.2) is 5.40 Å². The lowest BCUT2D eigenvalue weighted by Crippen LogP contribution is -2.13. The van der Waals surface area contributed by atoms with E-state index in [0.29, 0.717) is 0 Å². The Hall–Kier alpha value is -1.67. The summed E-state index contributed by atoms with van der Waals surface area (Å²) in [6.45, 7) is 0. The monoisotopic (exact) mass is 160 g/mol. The topological polar surface area (TPSA) is 103 Å². The highest BCUT2D eigenvalue weighted by molar-refractivity contribution is 8.01. The Bertz CT molecular complexity index is 204. The molecule has 52 valence electrons.